The van der Waals surface area contributed by atoms with Gasteiger partial charge in [0, 0.05) is 19.9 Å². The maximum atomic E-state index is 5.29. The van der Waals surface area contributed by atoms with Crippen LogP contribution >= 0.6 is 15.9 Å². The molecule has 0 spiro atoms. The highest BCUT2D eigenvalue weighted by Gasteiger charge is 2.16. The Labute approximate surface area is 93.0 Å². The fourth-order valence-electron chi connectivity index (χ4n) is 0.885. The molecule has 0 aliphatic heterocycles. The molecule has 1 heterocycles. The van der Waals surface area contributed by atoms with Gasteiger partial charge in [0.2, 0.25) is 0 Å². The third kappa shape index (κ3) is 3.27. The lowest BCUT2D eigenvalue weighted by Crippen LogP contribution is -2.32. The molecule has 0 amide bonds. The van der Waals surface area contributed by atoms with Gasteiger partial charge in [-0.2, -0.15) is 0 Å². The molecule has 14 heavy (non-hydrogen) atoms. The summed E-state index contributed by atoms with van der Waals surface area (Å²) >= 11 is 3.42. The van der Waals surface area contributed by atoms with E-state index in [1.807, 2.05) is 26.0 Å². The van der Waals surface area contributed by atoms with E-state index in [2.05, 4.69) is 26.2 Å². The Balaban J connectivity index is 2.58. The Morgan fingerprint density at radius 3 is 2.86 bits per heavy atom. The van der Waals surface area contributed by atoms with Crippen molar-refractivity contribution in [3.63, 3.8) is 0 Å². The van der Waals surface area contributed by atoms with E-state index >= 15 is 0 Å². The molecule has 1 aromatic heterocycles. The van der Waals surface area contributed by atoms with Gasteiger partial charge in [-0.15, -0.1) is 0 Å². The summed E-state index contributed by atoms with van der Waals surface area (Å²) in [5, 5.41) is 3.22. The SMILES string of the molecule is COC(C)(C)CNc1ncccc1Br. The number of rotatable bonds is 4. The van der Waals surface area contributed by atoms with Gasteiger partial charge in [-0.05, 0) is 41.9 Å². The van der Waals surface area contributed by atoms with Crippen molar-refractivity contribution in [3.05, 3.63) is 22.8 Å². The minimum Gasteiger partial charge on any atom is -0.377 e. The summed E-state index contributed by atoms with van der Waals surface area (Å²) in [6.07, 6.45) is 1.76. The molecule has 1 aromatic rings. The predicted molar refractivity (Wildman–Crippen MR) is 61.5 cm³/mol. The zero-order valence-electron chi connectivity index (χ0n) is 8.67. The van der Waals surface area contributed by atoms with Crippen molar-refractivity contribution in [1.82, 2.24) is 4.98 Å². The van der Waals surface area contributed by atoms with E-state index < -0.39 is 0 Å². The number of aromatic nitrogens is 1. The van der Waals surface area contributed by atoms with Crippen molar-refractivity contribution < 1.29 is 4.74 Å². The largest absolute Gasteiger partial charge is 0.377 e. The van der Waals surface area contributed by atoms with Gasteiger partial charge >= 0.3 is 0 Å². The number of pyridine rings is 1. The van der Waals surface area contributed by atoms with Crippen LogP contribution in [0, 0.1) is 0 Å². The van der Waals surface area contributed by atoms with Crippen molar-refractivity contribution >= 4 is 21.7 Å². The van der Waals surface area contributed by atoms with Crippen LogP contribution in [0.15, 0.2) is 22.8 Å². The molecule has 0 bridgehead atoms. The van der Waals surface area contributed by atoms with Crippen LogP contribution in [0.5, 0.6) is 0 Å². The second-order valence-corrected chi connectivity index (χ2v) is 4.51. The number of hydrogen-bond acceptors (Lipinski definition) is 3. The second kappa shape index (κ2) is 4.75. The lowest BCUT2D eigenvalue weighted by atomic mass is 10.1. The molecule has 4 heteroatoms. The molecule has 0 fully saturated rings. The summed E-state index contributed by atoms with van der Waals surface area (Å²) in [5.41, 5.74) is -0.184. The highest BCUT2D eigenvalue weighted by atomic mass is 79.9. The molecular formula is C10H15BrN2O. The van der Waals surface area contributed by atoms with Crippen molar-refractivity contribution in [1.29, 1.82) is 0 Å². The fourth-order valence-corrected chi connectivity index (χ4v) is 1.28. The molecule has 0 aromatic carbocycles. The van der Waals surface area contributed by atoms with Crippen LogP contribution in [-0.2, 0) is 4.74 Å². The first kappa shape index (κ1) is 11.5. The topological polar surface area (TPSA) is 34.1 Å². The number of nitrogens with one attached hydrogen (secondary N) is 1. The van der Waals surface area contributed by atoms with E-state index in [0.29, 0.717) is 0 Å². The molecule has 78 valence electrons. The van der Waals surface area contributed by atoms with Crippen LogP contribution in [0.1, 0.15) is 13.8 Å². The maximum absolute atomic E-state index is 5.29. The van der Waals surface area contributed by atoms with Gasteiger partial charge in [0.05, 0.1) is 10.1 Å². The smallest absolute Gasteiger partial charge is 0.140 e. The molecule has 0 aliphatic carbocycles. The van der Waals surface area contributed by atoms with Gasteiger partial charge in [-0.3, -0.25) is 0 Å². The molecule has 0 radical (unpaired) electrons. The minimum atomic E-state index is -0.184. The normalized spacial score (nSPS) is 11.4. The van der Waals surface area contributed by atoms with Crippen molar-refractivity contribution in [2.45, 2.75) is 19.4 Å². The Bertz CT molecular complexity index is 302. The summed E-state index contributed by atoms with van der Waals surface area (Å²) < 4.78 is 6.26. The second-order valence-electron chi connectivity index (χ2n) is 3.65. The van der Waals surface area contributed by atoms with Gasteiger partial charge in [-0.25, -0.2) is 4.98 Å². The number of anilines is 1. The van der Waals surface area contributed by atoms with Crippen LogP contribution < -0.4 is 5.32 Å². The van der Waals surface area contributed by atoms with E-state index in [0.717, 1.165) is 16.8 Å². The molecular weight excluding hydrogens is 244 g/mol. The van der Waals surface area contributed by atoms with E-state index in [-0.39, 0.29) is 5.60 Å². The molecule has 0 saturated carbocycles. The summed E-state index contributed by atoms with van der Waals surface area (Å²) in [4.78, 5) is 4.20. The van der Waals surface area contributed by atoms with E-state index in [4.69, 9.17) is 4.74 Å². The lowest BCUT2D eigenvalue weighted by Gasteiger charge is -2.23. The van der Waals surface area contributed by atoms with Crippen LogP contribution in [0.25, 0.3) is 0 Å². The summed E-state index contributed by atoms with van der Waals surface area (Å²) in [7, 11) is 1.70. The third-order valence-electron chi connectivity index (χ3n) is 1.99. The van der Waals surface area contributed by atoms with E-state index in [1.165, 1.54) is 0 Å². The molecule has 0 saturated heterocycles. The monoisotopic (exact) mass is 258 g/mol. The summed E-state index contributed by atoms with van der Waals surface area (Å²) in [6, 6.07) is 3.84. The molecule has 3 nitrogen and oxygen atoms in total. The summed E-state index contributed by atoms with van der Waals surface area (Å²) in [5.74, 6) is 0.845. The molecule has 1 N–H and O–H groups in total. The number of nitrogens with zero attached hydrogens (tertiary/aromatic N) is 1. The standard InChI is InChI=1S/C10H15BrN2O/c1-10(2,14-3)7-13-9-8(11)5-4-6-12-9/h4-6H,7H2,1-3H3,(H,12,13). The zero-order chi connectivity index (χ0) is 10.6. The first-order valence-electron chi connectivity index (χ1n) is 4.45. The highest BCUT2D eigenvalue weighted by Crippen LogP contribution is 2.19. The van der Waals surface area contributed by atoms with Crippen LogP contribution in [0.4, 0.5) is 5.82 Å². The van der Waals surface area contributed by atoms with Crippen LogP contribution in [0.3, 0.4) is 0 Å². The minimum absolute atomic E-state index is 0.184. The molecule has 1 rings (SSSR count). The average molecular weight is 259 g/mol. The van der Waals surface area contributed by atoms with Gasteiger partial charge < -0.3 is 10.1 Å². The van der Waals surface area contributed by atoms with Crippen molar-refractivity contribution in [3.8, 4) is 0 Å². The maximum Gasteiger partial charge on any atom is 0.140 e. The van der Waals surface area contributed by atoms with Crippen molar-refractivity contribution in [2.24, 2.45) is 0 Å². The zero-order valence-corrected chi connectivity index (χ0v) is 10.3. The number of halogens is 1. The summed E-state index contributed by atoms with van der Waals surface area (Å²) in [6.45, 7) is 4.77. The van der Waals surface area contributed by atoms with Gasteiger partial charge in [0.15, 0.2) is 0 Å². The Morgan fingerprint density at radius 1 is 1.57 bits per heavy atom. The Hall–Kier alpha value is -0.610. The number of hydrogen-bond donors (Lipinski definition) is 1. The van der Waals surface area contributed by atoms with E-state index in [1.54, 1.807) is 13.3 Å². The molecule has 0 aliphatic rings. The first-order chi connectivity index (χ1) is 6.55. The third-order valence-corrected chi connectivity index (χ3v) is 2.63. The van der Waals surface area contributed by atoms with Gasteiger partial charge in [0.1, 0.15) is 5.82 Å². The quantitative estimate of drug-likeness (QED) is 0.902. The fraction of sp³-hybridized carbons (Fsp3) is 0.500. The first-order valence-corrected chi connectivity index (χ1v) is 5.24. The number of methoxy groups -OCH3 is 1. The van der Waals surface area contributed by atoms with Crippen LogP contribution in [-0.4, -0.2) is 24.2 Å². The Morgan fingerprint density at radius 2 is 2.29 bits per heavy atom. The number of ether oxygens (including phenoxy) is 1. The molecule has 0 unspecified atom stereocenters. The predicted octanol–water partition coefficient (Wildman–Crippen LogP) is 2.68. The lowest BCUT2D eigenvalue weighted by molar-refractivity contribution is 0.0343. The average Bonchev–Trinajstić information content (AvgIpc) is 2.17. The van der Waals surface area contributed by atoms with Gasteiger partial charge in [0.25, 0.3) is 0 Å². The molecule has 0 atom stereocenters. The van der Waals surface area contributed by atoms with E-state index in [9.17, 15) is 0 Å². The van der Waals surface area contributed by atoms with Gasteiger partial charge in [-0.1, -0.05) is 0 Å². The van der Waals surface area contributed by atoms with Crippen molar-refractivity contribution in [2.75, 3.05) is 19.0 Å². The highest BCUT2D eigenvalue weighted by molar-refractivity contribution is 9.10. The Kier molecular flexibility index (Phi) is 3.89. The van der Waals surface area contributed by atoms with Crippen LogP contribution in [0.2, 0.25) is 0 Å².